The summed E-state index contributed by atoms with van der Waals surface area (Å²) in [6.45, 7) is 2.10. The number of fused-ring (bicyclic) bond motifs is 1. The van der Waals surface area contributed by atoms with Crippen molar-refractivity contribution in [3.05, 3.63) is 29.5 Å². The number of carbonyl (C=O) groups excluding carboxylic acids is 1. The molecule has 3 unspecified atom stereocenters. The Morgan fingerprint density at radius 3 is 2.63 bits per heavy atom. The minimum atomic E-state index is -0.655. The first kappa shape index (κ1) is 18.4. The summed E-state index contributed by atoms with van der Waals surface area (Å²) in [7, 11) is 0. The SMILES string of the molecule is CC(CC(=O)N1C2CC3CC1CC(C(=O)O)(C3)C2)c1n[nH]c2cccc(C3CC3)c12. The number of benzene rings is 1. The summed E-state index contributed by atoms with van der Waals surface area (Å²) >= 11 is 0. The highest BCUT2D eigenvalue weighted by molar-refractivity contribution is 5.87. The minimum absolute atomic E-state index is 0.0387. The number of carboxylic acid groups (broad SMARTS) is 1. The lowest BCUT2D eigenvalue weighted by Gasteiger charge is -2.60. The normalized spacial score (nSPS) is 33.2. The number of aromatic nitrogens is 2. The maximum atomic E-state index is 13.4. The highest BCUT2D eigenvalue weighted by Crippen LogP contribution is 2.56. The van der Waals surface area contributed by atoms with E-state index in [2.05, 4.69) is 40.2 Å². The van der Waals surface area contributed by atoms with E-state index >= 15 is 0 Å². The van der Waals surface area contributed by atoms with E-state index in [-0.39, 0.29) is 23.9 Å². The van der Waals surface area contributed by atoms with Crippen molar-refractivity contribution in [1.29, 1.82) is 0 Å². The van der Waals surface area contributed by atoms with Gasteiger partial charge in [-0.15, -0.1) is 0 Å². The first-order valence-electron chi connectivity index (χ1n) is 11.5. The lowest BCUT2D eigenvalue weighted by atomic mass is 9.55. The van der Waals surface area contributed by atoms with E-state index in [1.807, 2.05) is 0 Å². The molecule has 4 bridgehead atoms. The largest absolute Gasteiger partial charge is 0.481 e. The van der Waals surface area contributed by atoms with E-state index in [1.165, 1.54) is 23.8 Å². The maximum absolute atomic E-state index is 13.4. The average molecular weight is 408 g/mol. The lowest BCUT2D eigenvalue weighted by molar-refractivity contribution is -0.178. The van der Waals surface area contributed by atoms with Gasteiger partial charge in [-0.3, -0.25) is 14.7 Å². The van der Waals surface area contributed by atoms with Crippen LogP contribution >= 0.6 is 0 Å². The number of nitrogens with zero attached hydrogens (tertiary/aromatic N) is 2. The number of nitrogens with one attached hydrogen (secondary N) is 1. The molecule has 1 aromatic heterocycles. The molecule has 2 aliphatic heterocycles. The number of carbonyl (C=O) groups is 2. The molecule has 158 valence electrons. The summed E-state index contributed by atoms with van der Waals surface area (Å²) in [6.07, 6.45) is 6.93. The summed E-state index contributed by atoms with van der Waals surface area (Å²) < 4.78 is 0. The summed E-state index contributed by atoms with van der Waals surface area (Å²) in [4.78, 5) is 27.5. The molecule has 2 N–H and O–H groups in total. The van der Waals surface area contributed by atoms with Crippen LogP contribution in [-0.2, 0) is 9.59 Å². The van der Waals surface area contributed by atoms with Crippen LogP contribution in [0, 0.1) is 11.3 Å². The zero-order valence-electron chi connectivity index (χ0n) is 17.4. The highest BCUT2D eigenvalue weighted by atomic mass is 16.4. The Morgan fingerprint density at radius 2 is 1.97 bits per heavy atom. The summed E-state index contributed by atoms with van der Waals surface area (Å²) in [5, 5.41) is 18.8. The molecule has 2 aromatic rings. The van der Waals surface area contributed by atoms with Crippen molar-refractivity contribution >= 4 is 22.8 Å². The number of hydrogen-bond acceptors (Lipinski definition) is 3. The predicted molar refractivity (Wildman–Crippen MR) is 112 cm³/mol. The van der Waals surface area contributed by atoms with Gasteiger partial charge in [0.25, 0.3) is 0 Å². The number of hydrogen-bond donors (Lipinski definition) is 2. The molecule has 3 aliphatic carbocycles. The molecule has 3 atom stereocenters. The minimum Gasteiger partial charge on any atom is -0.481 e. The summed E-state index contributed by atoms with van der Waals surface area (Å²) in [5.74, 6) is 0.663. The van der Waals surface area contributed by atoms with Crippen LogP contribution in [0.2, 0.25) is 0 Å². The average Bonchev–Trinajstić information content (AvgIpc) is 3.44. The summed E-state index contributed by atoms with van der Waals surface area (Å²) in [6, 6.07) is 6.57. The topological polar surface area (TPSA) is 86.3 Å². The Hall–Kier alpha value is -2.37. The third kappa shape index (κ3) is 2.65. The third-order valence-corrected chi connectivity index (χ3v) is 8.29. The molecule has 5 aliphatic rings. The fraction of sp³-hybridized carbons (Fsp3) is 0.625. The second-order valence-corrected chi connectivity index (χ2v) is 10.4. The van der Waals surface area contributed by atoms with Gasteiger partial charge < -0.3 is 10.0 Å². The molecular weight excluding hydrogens is 378 g/mol. The molecule has 1 amide bonds. The number of aromatic amines is 1. The molecule has 7 rings (SSSR count). The van der Waals surface area contributed by atoms with Crippen LogP contribution in [0.25, 0.3) is 10.9 Å². The van der Waals surface area contributed by atoms with Gasteiger partial charge in [-0.05, 0) is 68.4 Å². The smallest absolute Gasteiger partial charge is 0.309 e. The molecule has 3 saturated carbocycles. The molecule has 5 fully saturated rings. The van der Waals surface area contributed by atoms with Crippen molar-refractivity contribution in [2.24, 2.45) is 11.3 Å². The van der Waals surface area contributed by atoms with Gasteiger partial charge in [0.1, 0.15) is 0 Å². The maximum Gasteiger partial charge on any atom is 0.309 e. The fourth-order valence-electron chi connectivity index (χ4n) is 6.98. The van der Waals surface area contributed by atoms with Crippen LogP contribution in [0.15, 0.2) is 18.2 Å². The first-order valence-corrected chi connectivity index (χ1v) is 11.5. The van der Waals surface area contributed by atoms with E-state index in [9.17, 15) is 14.7 Å². The Kier molecular flexibility index (Phi) is 3.87. The highest BCUT2D eigenvalue weighted by Gasteiger charge is 2.58. The second-order valence-electron chi connectivity index (χ2n) is 10.4. The van der Waals surface area contributed by atoms with Crippen LogP contribution in [0.4, 0.5) is 0 Å². The molecule has 0 spiro atoms. The third-order valence-electron chi connectivity index (χ3n) is 8.29. The van der Waals surface area contributed by atoms with Crippen LogP contribution in [0.3, 0.4) is 0 Å². The van der Waals surface area contributed by atoms with Gasteiger partial charge in [-0.1, -0.05) is 19.1 Å². The Morgan fingerprint density at radius 1 is 1.23 bits per heavy atom. The Balaban J connectivity index is 1.25. The van der Waals surface area contributed by atoms with Crippen molar-refractivity contribution in [3.8, 4) is 0 Å². The van der Waals surface area contributed by atoms with Crippen molar-refractivity contribution in [1.82, 2.24) is 15.1 Å². The van der Waals surface area contributed by atoms with Crippen molar-refractivity contribution in [2.45, 2.75) is 82.2 Å². The number of amides is 1. The van der Waals surface area contributed by atoms with E-state index in [0.717, 1.165) is 30.5 Å². The van der Waals surface area contributed by atoms with Crippen LogP contribution in [0.5, 0.6) is 0 Å². The fourth-order valence-corrected chi connectivity index (χ4v) is 6.98. The van der Waals surface area contributed by atoms with Crippen LogP contribution in [-0.4, -0.2) is 44.2 Å². The Labute approximate surface area is 176 Å². The summed E-state index contributed by atoms with van der Waals surface area (Å²) in [5.41, 5.74) is 2.85. The van der Waals surface area contributed by atoms with E-state index in [1.54, 1.807) is 0 Å². The zero-order chi connectivity index (χ0) is 20.6. The van der Waals surface area contributed by atoms with Gasteiger partial charge in [0.05, 0.1) is 16.6 Å². The van der Waals surface area contributed by atoms with E-state index in [4.69, 9.17) is 0 Å². The molecule has 1 aromatic carbocycles. The number of rotatable bonds is 5. The van der Waals surface area contributed by atoms with E-state index < -0.39 is 11.4 Å². The van der Waals surface area contributed by atoms with Crippen LogP contribution in [0.1, 0.15) is 81.4 Å². The molecule has 0 radical (unpaired) electrons. The van der Waals surface area contributed by atoms with Gasteiger partial charge >= 0.3 is 5.97 Å². The van der Waals surface area contributed by atoms with Crippen molar-refractivity contribution < 1.29 is 14.7 Å². The predicted octanol–water partition coefficient (Wildman–Crippen LogP) is 4.18. The van der Waals surface area contributed by atoms with E-state index in [0.29, 0.717) is 31.1 Å². The van der Waals surface area contributed by atoms with Gasteiger partial charge in [-0.25, -0.2) is 0 Å². The van der Waals surface area contributed by atoms with Crippen LogP contribution < -0.4 is 0 Å². The molecule has 3 heterocycles. The standard InChI is InChI=1S/C24H29N3O3/c1-13(22-21-18(15-5-6-15)3-2-4-19(21)25-26-22)7-20(28)27-16-8-14-9-17(27)12-24(10-14,11-16)23(29)30/h2-4,13-17H,5-12H2,1H3,(H,25,26)(H,29,30). The first-order chi connectivity index (χ1) is 14.4. The van der Waals surface area contributed by atoms with Crippen molar-refractivity contribution in [2.75, 3.05) is 0 Å². The number of carboxylic acids is 1. The molecule has 2 saturated heterocycles. The lowest BCUT2D eigenvalue weighted by Crippen LogP contribution is -2.65. The van der Waals surface area contributed by atoms with Gasteiger partial charge in [0, 0.05) is 29.8 Å². The molecular formula is C24H29N3O3. The quantitative estimate of drug-likeness (QED) is 0.779. The monoisotopic (exact) mass is 407 g/mol. The molecule has 6 nitrogen and oxygen atoms in total. The second kappa shape index (κ2) is 6.32. The van der Waals surface area contributed by atoms with Gasteiger partial charge in [0.2, 0.25) is 5.91 Å². The molecule has 30 heavy (non-hydrogen) atoms. The number of H-pyrrole nitrogens is 1. The number of piperidine rings is 2. The van der Waals surface area contributed by atoms with Gasteiger partial charge in [-0.2, -0.15) is 5.10 Å². The van der Waals surface area contributed by atoms with Crippen molar-refractivity contribution in [3.63, 3.8) is 0 Å². The molecule has 6 heteroatoms. The zero-order valence-corrected chi connectivity index (χ0v) is 17.4. The number of aliphatic carboxylic acids is 1. The van der Waals surface area contributed by atoms with Gasteiger partial charge in [0.15, 0.2) is 0 Å². The Bertz CT molecular complexity index is 1020.